The average Bonchev–Trinajstić information content (AvgIpc) is 2.89. The maximum absolute atomic E-state index is 12.8. The number of carbonyl (C=O) groups is 4. The van der Waals surface area contributed by atoms with Gasteiger partial charge in [0.05, 0.1) is 16.7 Å². The van der Waals surface area contributed by atoms with Gasteiger partial charge in [-0.3, -0.25) is 19.3 Å². The molecule has 0 atom stereocenters. The first-order valence-corrected chi connectivity index (χ1v) is 9.42. The molecule has 3 rings (SSSR count). The van der Waals surface area contributed by atoms with E-state index in [0.29, 0.717) is 5.56 Å². The lowest BCUT2D eigenvalue weighted by molar-refractivity contribution is -0.129. The predicted octanol–water partition coefficient (Wildman–Crippen LogP) is 3.39. The number of imide groups is 1. The van der Waals surface area contributed by atoms with Gasteiger partial charge in [-0.15, -0.1) is 0 Å². The fraction of sp³-hybridized carbons (Fsp3) is 0.524. The van der Waals surface area contributed by atoms with Crippen molar-refractivity contribution in [1.29, 1.82) is 0 Å². The van der Waals surface area contributed by atoms with Crippen LogP contribution in [0.2, 0.25) is 0 Å². The summed E-state index contributed by atoms with van der Waals surface area (Å²) >= 11 is 0. The Morgan fingerprint density at radius 3 is 2.30 bits per heavy atom. The molecule has 1 aromatic rings. The van der Waals surface area contributed by atoms with E-state index in [1.807, 2.05) is 0 Å². The Bertz CT molecular complexity index is 799. The molecule has 1 saturated carbocycles. The third-order valence-corrected chi connectivity index (χ3v) is 5.26. The van der Waals surface area contributed by atoms with Gasteiger partial charge >= 0.3 is 5.97 Å². The molecule has 0 unspecified atom stereocenters. The minimum absolute atomic E-state index is 0.0639. The molecule has 27 heavy (non-hydrogen) atoms. The molecule has 0 radical (unpaired) electrons. The summed E-state index contributed by atoms with van der Waals surface area (Å²) in [5, 5.41) is 0. The van der Waals surface area contributed by atoms with E-state index >= 15 is 0 Å². The van der Waals surface area contributed by atoms with Gasteiger partial charge in [-0.05, 0) is 31.0 Å². The lowest BCUT2D eigenvalue weighted by Crippen LogP contribution is -2.40. The van der Waals surface area contributed by atoms with Crippen LogP contribution in [0.15, 0.2) is 18.2 Å². The smallest absolute Gasteiger partial charge is 0.338 e. The normalized spacial score (nSPS) is 17.8. The molecule has 0 spiro atoms. The number of benzene rings is 1. The summed E-state index contributed by atoms with van der Waals surface area (Å²) in [6.07, 6.45) is 4.81. The highest BCUT2D eigenvalue weighted by Gasteiger charge is 2.40. The number of rotatable bonds is 4. The second-order valence-electron chi connectivity index (χ2n) is 8.28. The van der Waals surface area contributed by atoms with Gasteiger partial charge in [-0.2, -0.15) is 0 Å². The lowest BCUT2D eigenvalue weighted by Gasteiger charge is -2.29. The van der Waals surface area contributed by atoms with Crippen molar-refractivity contribution in [3.05, 3.63) is 34.9 Å². The van der Waals surface area contributed by atoms with Crippen LogP contribution in [0.1, 0.15) is 83.9 Å². The average molecular weight is 371 g/mol. The molecule has 6 nitrogen and oxygen atoms in total. The number of esters is 1. The summed E-state index contributed by atoms with van der Waals surface area (Å²) < 4.78 is 5.08. The van der Waals surface area contributed by atoms with Gasteiger partial charge in [0.2, 0.25) is 0 Å². The van der Waals surface area contributed by atoms with Crippen LogP contribution < -0.4 is 0 Å². The highest BCUT2D eigenvalue weighted by molar-refractivity contribution is 6.22. The monoisotopic (exact) mass is 371 g/mol. The van der Waals surface area contributed by atoms with E-state index in [2.05, 4.69) is 0 Å². The fourth-order valence-electron chi connectivity index (χ4n) is 3.49. The molecule has 1 aliphatic heterocycles. The van der Waals surface area contributed by atoms with Gasteiger partial charge in [0.25, 0.3) is 11.8 Å². The van der Waals surface area contributed by atoms with Crippen molar-refractivity contribution in [3.63, 3.8) is 0 Å². The first kappa shape index (κ1) is 19.3. The standard InChI is InChI=1S/C21H25NO5/c1-21(2,3)17(23)12-27-20(26)13-9-10-15-16(11-13)19(25)22(18(15)24)14-7-5-4-6-8-14/h9-11,14H,4-8,12H2,1-3H3. The van der Waals surface area contributed by atoms with Gasteiger partial charge < -0.3 is 4.74 Å². The summed E-state index contributed by atoms with van der Waals surface area (Å²) in [6, 6.07) is 4.31. The second-order valence-corrected chi connectivity index (χ2v) is 8.28. The lowest BCUT2D eigenvalue weighted by atomic mass is 9.91. The molecule has 0 bridgehead atoms. The number of carbonyl (C=O) groups excluding carboxylic acids is 4. The molecule has 0 aromatic heterocycles. The quantitative estimate of drug-likeness (QED) is 0.599. The molecule has 1 aliphatic carbocycles. The van der Waals surface area contributed by atoms with Crippen LogP contribution in [0, 0.1) is 5.41 Å². The van der Waals surface area contributed by atoms with E-state index in [-0.39, 0.29) is 41.4 Å². The molecule has 0 saturated heterocycles. The summed E-state index contributed by atoms with van der Waals surface area (Å²) in [7, 11) is 0. The molecular formula is C21H25NO5. The van der Waals surface area contributed by atoms with Gasteiger partial charge in [-0.1, -0.05) is 40.0 Å². The Kier molecular flexibility index (Phi) is 5.18. The van der Waals surface area contributed by atoms with Crippen molar-refractivity contribution in [1.82, 2.24) is 4.90 Å². The SMILES string of the molecule is CC(C)(C)C(=O)COC(=O)c1ccc2c(c1)C(=O)N(C1CCCCC1)C2=O. The minimum atomic E-state index is -0.674. The Morgan fingerprint density at radius 1 is 1.04 bits per heavy atom. The van der Waals surface area contributed by atoms with Crippen LogP contribution in [-0.4, -0.2) is 41.1 Å². The van der Waals surface area contributed by atoms with Gasteiger partial charge in [0.1, 0.15) is 0 Å². The Balaban J connectivity index is 1.75. The number of fused-ring (bicyclic) bond motifs is 1. The summed E-state index contributed by atoms with van der Waals surface area (Å²) in [5.41, 5.74) is 0.137. The minimum Gasteiger partial charge on any atom is -0.454 e. The number of Topliss-reactive ketones (excluding diaryl/α,β-unsaturated/α-hetero) is 1. The van der Waals surface area contributed by atoms with E-state index in [4.69, 9.17) is 4.74 Å². The molecule has 1 heterocycles. The number of hydrogen-bond donors (Lipinski definition) is 0. The van der Waals surface area contributed by atoms with Crippen LogP contribution in [0.25, 0.3) is 0 Å². The molecule has 1 aromatic carbocycles. The van der Waals surface area contributed by atoms with E-state index in [0.717, 1.165) is 32.1 Å². The van der Waals surface area contributed by atoms with Crippen molar-refractivity contribution in [2.24, 2.45) is 5.41 Å². The van der Waals surface area contributed by atoms with E-state index in [1.54, 1.807) is 20.8 Å². The van der Waals surface area contributed by atoms with Crippen LogP contribution in [-0.2, 0) is 9.53 Å². The molecular weight excluding hydrogens is 346 g/mol. The van der Waals surface area contributed by atoms with Crippen LogP contribution in [0.3, 0.4) is 0 Å². The summed E-state index contributed by atoms with van der Waals surface area (Å²) in [4.78, 5) is 51.0. The largest absolute Gasteiger partial charge is 0.454 e. The van der Waals surface area contributed by atoms with Crippen molar-refractivity contribution < 1.29 is 23.9 Å². The zero-order chi connectivity index (χ0) is 19.8. The summed E-state index contributed by atoms with van der Waals surface area (Å²) in [6.45, 7) is 4.94. The molecule has 1 fully saturated rings. The highest BCUT2D eigenvalue weighted by Crippen LogP contribution is 2.31. The van der Waals surface area contributed by atoms with Gasteiger partial charge in [0, 0.05) is 11.5 Å². The highest BCUT2D eigenvalue weighted by atomic mass is 16.5. The first-order chi connectivity index (χ1) is 12.7. The number of ether oxygens (including phenoxy) is 1. The molecule has 2 aliphatic rings. The Morgan fingerprint density at radius 2 is 1.67 bits per heavy atom. The van der Waals surface area contributed by atoms with Crippen LogP contribution in [0.5, 0.6) is 0 Å². The van der Waals surface area contributed by atoms with Crippen molar-refractivity contribution in [2.45, 2.75) is 58.9 Å². The van der Waals surface area contributed by atoms with Crippen molar-refractivity contribution >= 4 is 23.6 Å². The number of ketones is 1. The van der Waals surface area contributed by atoms with E-state index in [1.165, 1.54) is 23.1 Å². The summed E-state index contributed by atoms with van der Waals surface area (Å²) in [5.74, 6) is -1.49. The third kappa shape index (κ3) is 3.80. The molecule has 2 amide bonds. The maximum atomic E-state index is 12.8. The van der Waals surface area contributed by atoms with E-state index in [9.17, 15) is 19.2 Å². The maximum Gasteiger partial charge on any atom is 0.338 e. The van der Waals surface area contributed by atoms with Gasteiger partial charge in [0.15, 0.2) is 12.4 Å². The zero-order valence-corrected chi connectivity index (χ0v) is 16.0. The molecule has 144 valence electrons. The Hall–Kier alpha value is -2.50. The second kappa shape index (κ2) is 7.25. The van der Waals surface area contributed by atoms with E-state index < -0.39 is 11.4 Å². The molecule has 0 N–H and O–H groups in total. The van der Waals surface area contributed by atoms with Gasteiger partial charge in [-0.25, -0.2) is 4.79 Å². The van der Waals surface area contributed by atoms with Crippen molar-refractivity contribution in [3.8, 4) is 0 Å². The van der Waals surface area contributed by atoms with Crippen LogP contribution >= 0.6 is 0 Å². The third-order valence-electron chi connectivity index (χ3n) is 5.26. The van der Waals surface area contributed by atoms with Crippen molar-refractivity contribution in [2.75, 3.05) is 6.61 Å². The number of amides is 2. The van der Waals surface area contributed by atoms with Crippen LogP contribution in [0.4, 0.5) is 0 Å². The fourth-order valence-corrected chi connectivity index (χ4v) is 3.49. The molecule has 6 heteroatoms. The number of nitrogens with zero attached hydrogens (tertiary/aromatic N) is 1. The first-order valence-electron chi connectivity index (χ1n) is 9.42. The predicted molar refractivity (Wildman–Crippen MR) is 98.6 cm³/mol. The topological polar surface area (TPSA) is 80.8 Å². The Labute approximate surface area is 158 Å². The zero-order valence-electron chi connectivity index (χ0n) is 16.0. The number of hydrogen-bond acceptors (Lipinski definition) is 5.